The van der Waals surface area contributed by atoms with Gasteiger partial charge in [-0.25, -0.2) is 4.79 Å². The molecule has 0 fully saturated rings. The van der Waals surface area contributed by atoms with E-state index < -0.39 is 10.9 Å². The number of carbonyl (C=O) groups excluding carboxylic acids is 2. The topological polar surface area (TPSA) is 86.5 Å². The van der Waals surface area contributed by atoms with Crippen molar-refractivity contribution in [2.24, 2.45) is 0 Å². The van der Waals surface area contributed by atoms with Crippen molar-refractivity contribution in [1.29, 1.82) is 0 Å². The van der Waals surface area contributed by atoms with Crippen LogP contribution in [0.5, 0.6) is 5.75 Å². The highest BCUT2D eigenvalue weighted by atomic mass is 35.5. The van der Waals surface area contributed by atoms with Gasteiger partial charge in [-0.1, -0.05) is 23.7 Å². The number of nitrogens with zero attached hydrogens (tertiary/aromatic N) is 1. The molecule has 6 nitrogen and oxygen atoms in total. The molecule has 0 unspecified atom stereocenters. The Balaban J connectivity index is 2.24. The monoisotopic (exact) mass is 319 g/mol. The number of benzene rings is 2. The quantitative estimate of drug-likeness (QED) is 0.282. The molecule has 0 aliphatic heterocycles. The van der Waals surface area contributed by atoms with Crippen LogP contribution in [0.1, 0.15) is 27.6 Å². The highest BCUT2D eigenvalue weighted by Crippen LogP contribution is 2.24. The molecule has 0 radical (unpaired) electrons. The molecule has 112 valence electrons. The molecule has 0 aromatic heterocycles. The third kappa shape index (κ3) is 3.48. The average Bonchev–Trinajstić information content (AvgIpc) is 2.47. The molecule has 0 amide bonds. The average molecular weight is 320 g/mol. The molecule has 22 heavy (non-hydrogen) atoms. The van der Waals surface area contributed by atoms with Crippen LogP contribution < -0.4 is 4.74 Å². The van der Waals surface area contributed by atoms with Crippen molar-refractivity contribution in [2.45, 2.75) is 6.92 Å². The fraction of sp³-hybridized carbons (Fsp3) is 0.0667. The summed E-state index contributed by atoms with van der Waals surface area (Å²) >= 11 is 5.86. The lowest BCUT2D eigenvalue weighted by Gasteiger charge is -2.06. The minimum absolute atomic E-state index is 0.000458. The molecule has 0 aliphatic rings. The Kier molecular flexibility index (Phi) is 4.53. The van der Waals surface area contributed by atoms with Crippen LogP contribution in [0.2, 0.25) is 5.02 Å². The Morgan fingerprint density at radius 3 is 2.50 bits per heavy atom. The summed E-state index contributed by atoms with van der Waals surface area (Å²) in [6.07, 6.45) is 0. The Labute approximate surface area is 130 Å². The van der Waals surface area contributed by atoms with Crippen LogP contribution >= 0.6 is 11.6 Å². The van der Waals surface area contributed by atoms with Crippen LogP contribution in [0.4, 0.5) is 5.69 Å². The van der Waals surface area contributed by atoms with Gasteiger partial charge in [0.05, 0.1) is 15.5 Å². The van der Waals surface area contributed by atoms with Crippen LogP contribution in [-0.4, -0.2) is 16.7 Å². The van der Waals surface area contributed by atoms with Crippen molar-refractivity contribution in [3.05, 3.63) is 68.7 Å². The van der Waals surface area contributed by atoms with Gasteiger partial charge in [0.2, 0.25) is 0 Å². The summed E-state index contributed by atoms with van der Waals surface area (Å²) in [6.45, 7) is 1.40. The fourth-order valence-corrected chi connectivity index (χ4v) is 1.98. The third-order valence-electron chi connectivity index (χ3n) is 2.83. The molecule has 0 aliphatic carbocycles. The van der Waals surface area contributed by atoms with Gasteiger partial charge in [-0.05, 0) is 25.1 Å². The second kappa shape index (κ2) is 6.36. The SMILES string of the molecule is CC(=O)c1cccc(OC(=O)c2ccc([N+](=O)[O-])cc2Cl)c1. The zero-order chi connectivity index (χ0) is 16.3. The first-order chi connectivity index (χ1) is 10.4. The van der Waals surface area contributed by atoms with Gasteiger partial charge in [0, 0.05) is 17.7 Å². The predicted octanol–water partition coefficient (Wildman–Crippen LogP) is 3.67. The number of rotatable bonds is 4. The van der Waals surface area contributed by atoms with Gasteiger partial charge in [-0.3, -0.25) is 14.9 Å². The standard InChI is InChI=1S/C15H10ClNO5/c1-9(18)10-3-2-4-12(7-10)22-15(19)13-6-5-11(17(20)21)8-14(13)16/h2-8H,1H3. The molecule has 7 heteroatoms. The van der Waals surface area contributed by atoms with E-state index in [4.69, 9.17) is 16.3 Å². The number of hydrogen-bond donors (Lipinski definition) is 0. The summed E-state index contributed by atoms with van der Waals surface area (Å²) in [6, 6.07) is 9.58. The molecule has 2 aromatic rings. The molecule has 0 atom stereocenters. The van der Waals surface area contributed by atoms with E-state index in [0.29, 0.717) is 5.56 Å². The summed E-state index contributed by atoms with van der Waals surface area (Å²) < 4.78 is 5.13. The third-order valence-corrected chi connectivity index (χ3v) is 3.15. The fourth-order valence-electron chi connectivity index (χ4n) is 1.72. The predicted molar refractivity (Wildman–Crippen MR) is 79.5 cm³/mol. The lowest BCUT2D eigenvalue weighted by Crippen LogP contribution is -2.09. The summed E-state index contributed by atoms with van der Waals surface area (Å²) in [5.74, 6) is -0.737. The van der Waals surface area contributed by atoms with Crippen molar-refractivity contribution >= 4 is 29.0 Å². The number of esters is 1. The van der Waals surface area contributed by atoms with E-state index in [-0.39, 0.29) is 27.8 Å². The largest absolute Gasteiger partial charge is 0.423 e. The molecule has 0 heterocycles. The van der Waals surface area contributed by atoms with Crippen molar-refractivity contribution in [2.75, 3.05) is 0 Å². The Morgan fingerprint density at radius 2 is 1.91 bits per heavy atom. The summed E-state index contributed by atoms with van der Waals surface area (Å²) in [5, 5.41) is 10.5. The van der Waals surface area contributed by atoms with E-state index in [1.165, 1.54) is 25.1 Å². The van der Waals surface area contributed by atoms with Crippen LogP contribution in [0.25, 0.3) is 0 Å². The van der Waals surface area contributed by atoms with Crippen LogP contribution in [-0.2, 0) is 0 Å². The Hall–Kier alpha value is -2.73. The maximum absolute atomic E-state index is 12.0. The zero-order valence-electron chi connectivity index (χ0n) is 11.4. The highest BCUT2D eigenvalue weighted by Gasteiger charge is 2.17. The number of nitro benzene ring substituents is 1. The maximum Gasteiger partial charge on any atom is 0.345 e. The molecule has 0 saturated heterocycles. The van der Waals surface area contributed by atoms with Gasteiger partial charge >= 0.3 is 5.97 Å². The van der Waals surface area contributed by atoms with E-state index in [0.717, 1.165) is 12.1 Å². The molecule has 0 bridgehead atoms. The van der Waals surface area contributed by atoms with Crippen molar-refractivity contribution in [3.8, 4) is 5.75 Å². The summed E-state index contributed by atoms with van der Waals surface area (Å²) in [4.78, 5) is 33.3. The number of halogens is 1. The first-order valence-corrected chi connectivity index (χ1v) is 6.53. The number of non-ortho nitro benzene ring substituents is 1. The normalized spacial score (nSPS) is 10.1. The van der Waals surface area contributed by atoms with Crippen molar-refractivity contribution < 1.29 is 19.2 Å². The van der Waals surface area contributed by atoms with Gasteiger partial charge in [-0.2, -0.15) is 0 Å². The lowest BCUT2D eigenvalue weighted by molar-refractivity contribution is -0.384. The van der Waals surface area contributed by atoms with Gasteiger partial charge in [-0.15, -0.1) is 0 Å². The molecular weight excluding hydrogens is 310 g/mol. The van der Waals surface area contributed by atoms with E-state index in [1.54, 1.807) is 12.1 Å². The molecule has 2 aromatic carbocycles. The minimum atomic E-state index is -0.763. The van der Waals surface area contributed by atoms with Crippen LogP contribution in [0.3, 0.4) is 0 Å². The first kappa shape index (κ1) is 15.7. The summed E-state index contributed by atoms with van der Waals surface area (Å²) in [5.41, 5.74) is 0.181. The minimum Gasteiger partial charge on any atom is -0.423 e. The van der Waals surface area contributed by atoms with E-state index in [1.807, 2.05) is 0 Å². The molecule has 0 saturated carbocycles. The molecule has 0 spiro atoms. The second-order valence-corrected chi connectivity index (χ2v) is 4.80. The number of ketones is 1. The Bertz CT molecular complexity index is 772. The number of hydrogen-bond acceptors (Lipinski definition) is 5. The summed E-state index contributed by atoms with van der Waals surface area (Å²) in [7, 11) is 0. The molecular formula is C15H10ClNO5. The molecule has 0 N–H and O–H groups in total. The second-order valence-electron chi connectivity index (χ2n) is 4.39. The van der Waals surface area contributed by atoms with Crippen molar-refractivity contribution in [3.63, 3.8) is 0 Å². The number of Topliss-reactive ketones (excluding diaryl/α,β-unsaturated/α-hetero) is 1. The van der Waals surface area contributed by atoms with E-state index in [2.05, 4.69) is 0 Å². The smallest absolute Gasteiger partial charge is 0.345 e. The van der Waals surface area contributed by atoms with Gasteiger partial charge < -0.3 is 4.74 Å². The van der Waals surface area contributed by atoms with Gasteiger partial charge in [0.15, 0.2) is 5.78 Å². The Morgan fingerprint density at radius 1 is 1.18 bits per heavy atom. The van der Waals surface area contributed by atoms with E-state index >= 15 is 0 Å². The molecule has 2 rings (SSSR count). The van der Waals surface area contributed by atoms with Crippen molar-refractivity contribution in [1.82, 2.24) is 0 Å². The number of ether oxygens (including phenoxy) is 1. The van der Waals surface area contributed by atoms with Gasteiger partial charge in [0.25, 0.3) is 5.69 Å². The number of nitro groups is 1. The zero-order valence-corrected chi connectivity index (χ0v) is 12.2. The van der Waals surface area contributed by atoms with Gasteiger partial charge in [0.1, 0.15) is 5.75 Å². The van der Waals surface area contributed by atoms with E-state index in [9.17, 15) is 19.7 Å². The first-order valence-electron chi connectivity index (χ1n) is 6.15. The number of carbonyl (C=O) groups is 2. The highest BCUT2D eigenvalue weighted by molar-refractivity contribution is 6.33. The maximum atomic E-state index is 12.0. The van der Waals surface area contributed by atoms with Crippen LogP contribution in [0.15, 0.2) is 42.5 Å². The lowest BCUT2D eigenvalue weighted by atomic mass is 10.1. The van der Waals surface area contributed by atoms with Crippen LogP contribution in [0, 0.1) is 10.1 Å².